The number of nitrogens with zero attached hydrogens (tertiary/aromatic N) is 3. The molecule has 1 aliphatic rings. The lowest BCUT2D eigenvalue weighted by Crippen LogP contribution is -2.35. The van der Waals surface area contributed by atoms with Gasteiger partial charge in [0.1, 0.15) is 12.7 Å². The normalized spacial score (nSPS) is 27.4. The molecule has 2 atom stereocenters. The van der Waals surface area contributed by atoms with Crippen LogP contribution in [0.3, 0.4) is 0 Å². The van der Waals surface area contributed by atoms with Gasteiger partial charge in [-0.2, -0.15) is 5.10 Å². The highest BCUT2D eigenvalue weighted by molar-refractivity contribution is 4.81. The Morgan fingerprint density at radius 3 is 2.16 bits per heavy atom. The Morgan fingerprint density at radius 1 is 0.947 bits per heavy atom. The van der Waals surface area contributed by atoms with Gasteiger partial charge < -0.3 is 5.32 Å². The van der Waals surface area contributed by atoms with Crippen molar-refractivity contribution in [3.8, 4) is 0 Å². The van der Waals surface area contributed by atoms with Crippen LogP contribution in [0.1, 0.15) is 70.3 Å². The summed E-state index contributed by atoms with van der Waals surface area (Å²) < 4.78 is 2.06. The second-order valence-corrected chi connectivity index (χ2v) is 5.74. The van der Waals surface area contributed by atoms with Crippen molar-refractivity contribution in [3.05, 3.63) is 12.7 Å². The number of nitrogens with one attached hydrogen (secondary N) is 1. The Labute approximate surface area is 117 Å². The van der Waals surface area contributed by atoms with E-state index in [-0.39, 0.29) is 0 Å². The van der Waals surface area contributed by atoms with Gasteiger partial charge in [-0.3, -0.25) is 0 Å². The summed E-state index contributed by atoms with van der Waals surface area (Å²) in [4.78, 5) is 4.12. The standard InChI is InChI=1S/C15H28N4/c1-16-14-10-8-6-4-2-3-5-7-9-11-15(14)19-13-17-12-18-19/h12-16H,2-11H2,1H3. The summed E-state index contributed by atoms with van der Waals surface area (Å²) in [6.45, 7) is 0. The molecule has 1 aliphatic carbocycles. The van der Waals surface area contributed by atoms with E-state index in [2.05, 4.69) is 27.1 Å². The minimum atomic E-state index is 0.465. The van der Waals surface area contributed by atoms with E-state index in [4.69, 9.17) is 0 Å². The average molecular weight is 264 g/mol. The molecule has 4 heteroatoms. The van der Waals surface area contributed by atoms with Crippen molar-refractivity contribution in [2.75, 3.05) is 7.05 Å². The smallest absolute Gasteiger partial charge is 0.137 e. The molecular weight excluding hydrogens is 236 g/mol. The molecule has 0 aliphatic heterocycles. The molecule has 1 aromatic rings. The Balaban J connectivity index is 2.00. The predicted molar refractivity (Wildman–Crippen MR) is 78.1 cm³/mol. The highest BCUT2D eigenvalue weighted by Gasteiger charge is 2.22. The van der Waals surface area contributed by atoms with Crippen molar-refractivity contribution in [1.29, 1.82) is 0 Å². The van der Waals surface area contributed by atoms with Gasteiger partial charge >= 0.3 is 0 Å². The molecule has 0 bridgehead atoms. The summed E-state index contributed by atoms with van der Waals surface area (Å²) in [6, 6.07) is 0.994. The zero-order valence-electron chi connectivity index (χ0n) is 12.2. The van der Waals surface area contributed by atoms with Gasteiger partial charge in [-0.25, -0.2) is 9.67 Å². The Morgan fingerprint density at radius 2 is 1.58 bits per heavy atom. The maximum atomic E-state index is 4.37. The number of hydrogen-bond donors (Lipinski definition) is 1. The number of rotatable bonds is 2. The van der Waals surface area contributed by atoms with E-state index in [1.807, 2.05) is 6.33 Å². The van der Waals surface area contributed by atoms with Crippen LogP contribution in [0.25, 0.3) is 0 Å². The molecule has 2 rings (SSSR count). The molecule has 0 amide bonds. The molecular formula is C15H28N4. The number of likely N-dealkylation sites (N-methyl/N-ethyl adjacent to an activating group) is 1. The quantitative estimate of drug-likeness (QED) is 0.891. The van der Waals surface area contributed by atoms with Gasteiger partial charge in [-0.1, -0.05) is 51.4 Å². The molecule has 2 unspecified atom stereocenters. The van der Waals surface area contributed by atoms with Crippen molar-refractivity contribution in [1.82, 2.24) is 20.1 Å². The van der Waals surface area contributed by atoms with E-state index < -0.39 is 0 Å². The van der Waals surface area contributed by atoms with E-state index >= 15 is 0 Å². The second kappa shape index (κ2) is 8.31. The molecule has 108 valence electrons. The Bertz CT molecular complexity index is 323. The fraction of sp³-hybridized carbons (Fsp3) is 0.867. The lowest BCUT2D eigenvalue weighted by molar-refractivity contribution is 0.289. The van der Waals surface area contributed by atoms with Gasteiger partial charge in [0.25, 0.3) is 0 Å². The molecule has 0 radical (unpaired) electrons. The lowest BCUT2D eigenvalue weighted by atomic mass is 9.94. The number of hydrogen-bond acceptors (Lipinski definition) is 3. The van der Waals surface area contributed by atoms with Crippen LogP contribution in [-0.2, 0) is 0 Å². The van der Waals surface area contributed by atoms with Crippen molar-refractivity contribution < 1.29 is 0 Å². The van der Waals surface area contributed by atoms with Crippen molar-refractivity contribution in [2.45, 2.75) is 76.3 Å². The average Bonchev–Trinajstić information content (AvgIpc) is 2.93. The molecule has 1 N–H and O–H groups in total. The van der Waals surface area contributed by atoms with Crippen LogP contribution < -0.4 is 5.32 Å². The molecule has 19 heavy (non-hydrogen) atoms. The Kier molecular flexibility index (Phi) is 6.34. The molecule has 1 saturated carbocycles. The van der Waals surface area contributed by atoms with Crippen molar-refractivity contribution in [3.63, 3.8) is 0 Å². The minimum Gasteiger partial charge on any atom is -0.315 e. The second-order valence-electron chi connectivity index (χ2n) is 5.74. The third-order valence-electron chi connectivity index (χ3n) is 4.38. The van der Waals surface area contributed by atoms with E-state index in [0.717, 1.165) is 0 Å². The van der Waals surface area contributed by atoms with Crippen molar-refractivity contribution >= 4 is 0 Å². The molecule has 1 aromatic heterocycles. The predicted octanol–water partition coefficient (Wildman–Crippen LogP) is 3.32. The molecule has 1 fully saturated rings. The van der Waals surface area contributed by atoms with Crippen LogP contribution in [0.2, 0.25) is 0 Å². The van der Waals surface area contributed by atoms with Gasteiger partial charge in [0.15, 0.2) is 0 Å². The van der Waals surface area contributed by atoms with Gasteiger partial charge in [0, 0.05) is 6.04 Å². The first-order valence-electron chi connectivity index (χ1n) is 7.93. The van der Waals surface area contributed by atoms with E-state index in [0.29, 0.717) is 12.1 Å². The monoisotopic (exact) mass is 264 g/mol. The van der Waals surface area contributed by atoms with Crippen LogP contribution in [0, 0.1) is 0 Å². The SMILES string of the molecule is CNC1CCCCCCCCCCC1n1cncn1. The highest BCUT2D eigenvalue weighted by Crippen LogP contribution is 2.24. The number of aromatic nitrogens is 3. The van der Waals surface area contributed by atoms with Gasteiger partial charge in [-0.05, 0) is 19.9 Å². The summed E-state index contributed by atoms with van der Waals surface area (Å²) in [5.41, 5.74) is 0. The van der Waals surface area contributed by atoms with Gasteiger partial charge in [-0.15, -0.1) is 0 Å². The van der Waals surface area contributed by atoms with Crippen LogP contribution >= 0.6 is 0 Å². The van der Waals surface area contributed by atoms with Crippen molar-refractivity contribution in [2.24, 2.45) is 0 Å². The summed E-state index contributed by atoms with van der Waals surface area (Å²) >= 11 is 0. The molecule has 0 aromatic carbocycles. The van der Waals surface area contributed by atoms with E-state index in [1.54, 1.807) is 6.33 Å². The zero-order valence-corrected chi connectivity index (χ0v) is 12.2. The molecule has 0 spiro atoms. The topological polar surface area (TPSA) is 42.7 Å². The summed E-state index contributed by atoms with van der Waals surface area (Å²) in [5.74, 6) is 0. The Hall–Kier alpha value is -0.900. The van der Waals surface area contributed by atoms with Gasteiger partial charge in [0.05, 0.1) is 6.04 Å². The zero-order chi connectivity index (χ0) is 13.3. The van der Waals surface area contributed by atoms with E-state index in [9.17, 15) is 0 Å². The third-order valence-corrected chi connectivity index (χ3v) is 4.38. The first-order valence-corrected chi connectivity index (χ1v) is 7.93. The summed E-state index contributed by atoms with van der Waals surface area (Å²) in [7, 11) is 2.08. The van der Waals surface area contributed by atoms with Crippen LogP contribution in [0.5, 0.6) is 0 Å². The maximum absolute atomic E-state index is 4.37. The van der Waals surface area contributed by atoms with Gasteiger partial charge in [0.2, 0.25) is 0 Å². The largest absolute Gasteiger partial charge is 0.315 e. The third kappa shape index (κ3) is 4.60. The maximum Gasteiger partial charge on any atom is 0.137 e. The summed E-state index contributed by atoms with van der Waals surface area (Å²) in [6.07, 6.45) is 17.0. The fourth-order valence-electron chi connectivity index (χ4n) is 3.21. The van der Waals surface area contributed by atoms with Crippen LogP contribution in [0.15, 0.2) is 12.7 Å². The molecule has 1 heterocycles. The minimum absolute atomic E-state index is 0.465. The lowest BCUT2D eigenvalue weighted by Gasteiger charge is -2.27. The molecule has 0 saturated heterocycles. The first-order chi connectivity index (χ1) is 9.42. The summed E-state index contributed by atoms with van der Waals surface area (Å²) in [5, 5.41) is 7.88. The van der Waals surface area contributed by atoms with E-state index in [1.165, 1.54) is 64.2 Å². The van der Waals surface area contributed by atoms with Crippen LogP contribution in [-0.4, -0.2) is 27.9 Å². The fourth-order valence-corrected chi connectivity index (χ4v) is 3.21. The van der Waals surface area contributed by atoms with Crippen LogP contribution in [0.4, 0.5) is 0 Å². The molecule has 4 nitrogen and oxygen atoms in total. The highest BCUT2D eigenvalue weighted by atomic mass is 15.3. The first kappa shape index (κ1) is 14.5.